The van der Waals surface area contributed by atoms with Crippen molar-refractivity contribution in [1.82, 2.24) is 19.8 Å². The Balaban J connectivity index is 1.09. The molecule has 6 nitrogen and oxygen atoms in total. The summed E-state index contributed by atoms with van der Waals surface area (Å²) in [7, 11) is 0. The van der Waals surface area contributed by atoms with Crippen LogP contribution in [0.3, 0.4) is 0 Å². The van der Waals surface area contributed by atoms with E-state index in [4.69, 9.17) is 4.98 Å². The first kappa shape index (κ1) is 19.8. The Hall–Kier alpha value is -2.17. The van der Waals surface area contributed by atoms with Crippen molar-refractivity contribution in [2.24, 2.45) is 0 Å². The molecule has 1 amide bonds. The highest BCUT2D eigenvalue weighted by Gasteiger charge is 2.20. The molecule has 1 aromatic carbocycles. The van der Waals surface area contributed by atoms with Crippen LogP contribution in [0.5, 0.6) is 0 Å². The summed E-state index contributed by atoms with van der Waals surface area (Å²) in [4.78, 5) is 27.5. The van der Waals surface area contributed by atoms with Crippen molar-refractivity contribution < 1.29 is 4.79 Å². The van der Waals surface area contributed by atoms with E-state index in [9.17, 15) is 4.79 Å². The van der Waals surface area contributed by atoms with Crippen LogP contribution in [-0.4, -0.2) is 58.4 Å². The van der Waals surface area contributed by atoms with E-state index in [1.165, 1.54) is 16.2 Å². The zero-order valence-corrected chi connectivity index (χ0v) is 18.7. The highest BCUT2D eigenvalue weighted by molar-refractivity contribution is 7.22. The van der Waals surface area contributed by atoms with E-state index in [2.05, 4.69) is 43.0 Å². The number of amides is 1. The normalized spacial score (nSPS) is 15.6. The van der Waals surface area contributed by atoms with Crippen LogP contribution in [0.2, 0.25) is 0 Å². The summed E-state index contributed by atoms with van der Waals surface area (Å²) in [5, 5.41) is 9.00. The number of piperazine rings is 1. The summed E-state index contributed by atoms with van der Waals surface area (Å²) < 4.78 is 1.09. The van der Waals surface area contributed by atoms with Crippen LogP contribution in [0.15, 0.2) is 47.2 Å². The predicted octanol–water partition coefficient (Wildman–Crippen LogP) is 4.24. The number of thiazole rings is 2. The van der Waals surface area contributed by atoms with Crippen molar-refractivity contribution in [2.75, 3.05) is 38.0 Å². The lowest BCUT2D eigenvalue weighted by Gasteiger charge is -2.33. The summed E-state index contributed by atoms with van der Waals surface area (Å²) in [6.07, 6.45) is 0. The van der Waals surface area contributed by atoms with Crippen LogP contribution in [0.25, 0.3) is 20.8 Å². The molecular weight excluding hydrogens is 434 g/mol. The number of nitrogens with zero attached hydrogens (tertiary/aromatic N) is 4. The van der Waals surface area contributed by atoms with E-state index in [1.807, 2.05) is 24.3 Å². The van der Waals surface area contributed by atoms with Crippen molar-refractivity contribution >= 4 is 55.3 Å². The van der Waals surface area contributed by atoms with Crippen LogP contribution >= 0.6 is 34.0 Å². The molecule has 0 atom stereocenters. The molecule has 154 valence electrons. The van der Waals surface area contributed by atoms with E-state index >= 15 is 0 Å². The van der Waals surface area contributed by atoms with E-state index in [1.54, 1.807) is 22.7 Å². The molecule has 1 aliphatic heterocycles. The average Bonchev–Trinajstić information content (AvgIpc) is 3.49. The number of carbonyl (C=O) groups excluding carboxylic acids is 1. The van der Waals surface area contributed by atoms with E-state index in [0.717, 1.165) is 53.6 Å². The van der Waals surface area contributed by atoms with Gasteiger partial charge in [-0.3, -0.25) is 14.6 Å². The summed E-state index contributed by atoms with van der Waals surface area (Å²) in [5.74, 6) is 0.00280. The number of fused-ring (bicyclic) bond motifs is 1. The Kier molecular flexibility index (Phi) is 5.87. The Bertz CT molecular complexity index is 1100. The molecule has 3 aromatic heterocycles. The van der Waals surface area contributed by atoms with Gasteiger partial charge in [-0.1, -0.05) is 29.5 Å². The second-order valence-electron chi connectivity index (χ2n) is 7.19. The SMILES string of the molecule is O=C(CN1CCN(Cc2nc(-c3cccs3)cs2)CC1)Nc1nc2ccccc2s1. The van der Waals surface area contributed by atoms with Gasteiger partial charge < -0.3 is 5.32 Å². The van der Waals surface area contributed by atoms with E-state index in [-0.39, 0.29) is 5.91 Å². The van der Waals surface area contributed by atoms with Gasteiger partial charge in [0, 0.05) is 31.6 Å². The van der Waals surface area contributed by atoms with Gasteiger partial charge in [0.05, 0.1) is 33.9 Å². The van der Waals surface area contributed by atoms with Crippen molar-refractivity contribution in [2.45, 2.75) is 6.54 Å². The summed E-state index contributed by atoms with van der Waals surface area (Å²) in [6.45, 7) is 4.95. The molecule has 1 saturated heterocycles. The van der Waals surface area contributed by atoms with Crippen molar-refractivity contribution in [3.05, 3.63) is 52.2 Å². The monoisotopic (exact) mass is 455 g/mol. The van der Waals surface area contributed by atoms with Gasteiger partial charge in [0.15, 0.2) is 5.13 Å². The van der Waals surface area contributed by atoms with Crippen molar-refractivity contribution in [3.8, 4) is 10.6 Å². The fourth-order valence-corrected chi connectivity index (χ4v) is 5.98. The second kappa shape index (κ2) is 8.91. The maximum absolute atomic E-state index is 12.4. The maximum Gasteiger partial charge on any atom is 0.240 e. The molecule has 0 spiro atoms. The van der Waals surface area contributed by atoms with Gasteiger partial charge in [-0.2, -0.15) is 0 Å². The molecule has 4 heterocycles. The molecular formula is C21H21N5OS3. The molecule has 5 rings (SSSR count). The zero-order valence-electron chi connectivity index (χ0n) is 16.3. The predicted molar refractivity (Wildman–Crippen MR) is 125 cm³/mol. The highest BCUT2D eigenvalue weighted by Crippen LogP contribution is 2.27. The standard InChI is InChI=1S/C21H21N5OS3/c27-19(24-21-23-15-4-1-2-5-18(15)30-21)12-25-7-9-26(10-8-25)13-20-22-16(14-29-20)17-6-3-11-28-17/h1-6,11,14H,7-10,12-13H2,(H,23,24,27). The average molecular weight is 456 g/mol. The number of benzene rings is 1. The molecule has 30 heavy (non-hydrogen) atoms. The van der Waals surface area contributed by atoms with Crippen LogP contribution in [0, 0.1) is 0 Å². The third-order valence-corrected chi connectivity index (χ3v) is 7.73. The smallest absolute Gasteiger partial charge is 0.240 e. The molecule has 0 unspecified atom stereocenters. The molecule has 0 aliphatic carbocycles. The number of nitrogens with one attached hydrogen (secondary N) is 1. The third kappa shape index (κ3) is 4.60. The van der Waals surface area contributed by atoms with Gasteiger partial charge in [-0.25, -0.2) is 9.97 Å². The Morgan fingerprint density at radius 2 is 1.83 bits per heavy atom. The number of hydrogen-bond acceptors (Lipinski definition) is 8. The number of para-hydroxylation sites is 1. The van der Waals surface area contributed by atoms with E-state index in [0.29, 0.717) is 11.7 Å². The van der Waals surface area contributed by atoms with Gasteiger partial charge in [0.2, 0.25) is 5.91 Å². The molecule has 4 aromatic rings. The minimum atomic E-state index is 0.00280. The van der Waals surface area contributed by atoms with Gasteiger partial charge in [0.25, 0.3) is 0 Å². The summed E-state index contributed by atoms with van der Waals surface area (Å²) in [5.41, 5.74) is 2.01. The zero-order chi connectivity index (χ0) is 20.3. The van der Waals surface area contributed by atoms with Crippen LogP contribution in [0.1, 0.15) is 5.01 Å². The lowest BCUT2D eigenvalue weighted by atomic mass is 10.3. The number of rotatable bonds is 6. The van der Waals surface area contributed by atoms with Gasteiger partial charge in [-0.15, -0.1) is 22.7 Å². The number of thiophene rings is 1. The van der Waals surface area contributed by atoms with Crippen molar-refractivity contribution in [3.63, 3.8) is 0 Å². The number of aromatic nitrogens is 2. The number of hydrogen-bond donors (Lipinski definition) is 1. The fraction of sp³-hybridized carbons (Fsp3) is 0.286. The Morgan fingerprint density at radius 3 is 2.63 bits per heavy atom. The molecule has 0 radical (unpaired) electrons. The van der Waals surface area contributed by atoms with E-state index < -0.39 is 0 Å². The number of carbonyl (C=O) groups is 1. The molecule has 1 N–H and O–H groups in total. The number of anilines is 1. The highest BCUT2D eigenvalue weighted by atomic mass is 32.1. The Morgan fingerprint density at radius 1 is 1.00 bits per heavy atom. The van der Waals surface area contributed by atoms with Gasteiger partial charge in [0.1, 0.15) is 5.01 Å². The van der Waals surface area contributed by atoms with Crippen LogP contribution in [-0.2, 0) is 11.3 Å². The first-order valence-electron chi connectivity index (χ1n) is 9.81. The minimum absolute atomic E-state index is 0.00280. The molecule has 0 bridgehead atoms. The molecule has 0 saturated carbocycles. The minimum Gasteiger partial charge on any atom is -0.301 e. The second-order valence-corrected chi connectivity index (χ2v) is 10.1. The molecule has 1 fully saturated rings. The third-order valence-electron chi connectivity index (χ3n) is 5.06. The maximum atomic E-state index is 12.4. The first-order chi connectivity index (χ1) is 14.7. The Labute approximate surface area is 186 Å². The quantitative estimate of drug-likeness (QED) is 0.471. The lowest BCUT2D eigenvalue weighted by Crippen LogP contribution is -2.48. The van der Waals surface area contributed by atoms with Crippen LogP contribution in [0.4, 0.5) is 5.13 Å². The first-order valence-corrected chi connectivity index (χ1v) is 12.4. The summed E-state index contributed by atoms with van der Waals surface area (Å²) in [6, 6.07) is 12.1. The van der Waals surface area contributed by atoms with Gasteiger partial charge >= 0.3 is 0 Å². The summed E-state index contributed by atoms with van der Waals surface area (Å²) >= 11 is 4.97. The topological polar surface area (TPSA) is 61.4 Å². The van der Waals surface area contributed by atoms with Crippen molar-refractivity contribution in [1.29, 1.82) is 0 Å². The van der Waals surface area contributed by atoms with Gasteiger partial charge in [-0.05, 0) is 23.6 Å². The lowest BCUT2D eigenvalue weighted by molar-refractivity contribution is -0.117. The fourth-order valence-electron chi connectivity index (χ4n) is 3.51. The molecule has 1 aliphatic rings. The molecule has 9 heteroatoms. The largest absolute Gasteiger partial charge is 0.301 e. The van der Waals surface area contributed by atoms with Crippen LogP contribution < -0.4 is 5.32 Å².